The quantitative estimate of drug-likeness (QED) is 0.643. The van der Waals surface area contributed by atoms with Crippen LogP contribution in [0, 0.1) is 0 Å². The molecule has 0 aromatic carbocycles. The first-order chi connectivity index (χ1) is 13.3. The molecule has 28 heavy (non-hydrogen) atoms. The molecule has 3 aromatic heterocycles. The van der Waals surface area contributed by atoms with E-state index in [1.807, 2.05) is 26.8 Å². The Kier molecular flexibility index (Phi) is 5.69. The van der Waals surface area contributed by atoms with Crippen LogP contribution < -0.4 is 5.73 Å². The van der Waals surface area contributed by atoms with Crippen molar-refractivity contribution in [3.63, 3.8) is 0 Å². The van der Waals surface area contributed by atoms with Gasteiger partial charge in [0, 0.05) is 19.0 Å². The zero-order valence-electron chi connectivity index (χ0n) is 16.8. The molecule has 2 N–H and O–H groups in total. The number of rotatable bonds is 6. The average Bonchev–Trinajstić information content (AvgIpc) is 3.21. The van der Waals surface area contributed by atoms with Crippen LogP contribution in [0.5, 0.6) is 0 Å². The number of nitrogen functional groups attached to an aromatic ring is 1. The number of pyridine rings is 1. The van der Waals surface area contributed by atoms with Gasteiger partial charge in [0.2, 0.25) is 5.95 Å². The van der Waals surface area contributed by atoms with E-state index in [-0.39, 0.29) is 0 Å². The molecule has 3 aromatic rings. The Morgan fingerprint density at radius 3 is 2.79 bits per heavy atom. The van der Waals surface area contributed by atoms with Gasteiger partial charge < -0.3 is 15.2 Å². The summed E-state index contributed by atoms with van der Waals surface area (Å²) in [5.74, 6) is 0.344. The molecule has 0 bridgehead atoms. The van der Waals surface area contributed by atoms with Crippen molar-refractivity contribution in [1.82, 2.24) is 19.1 Å². The molecule has 0 aliphatic heterocycles. The normalized spacial score (nSPS) is 11.9. The van der Waals surface area contributed by atoms with Crippen LogP contribution in [0.1, 0.15) is 40.5 Å². The first-order valence-electron chi connectivity index (χ1n) is 9.41. The summed E-state index contributed by atoms with van der Waals surface area (Å²) in [6.45, 7) is 8.58. The number of ether oxygens (including phenoxy) is 2. The van der Waals surface area contributed by atoms with Crippen LogP contribution in [0.4, 0.5) is 10.7 Å². The third kappa shape index (κ3) is 4.17. The zero-order valence-corrected chi connectivity index (χ0v) is 16.8. The van der Waals surface area contributed by atoms with Gasteiger partial charge in [-0.15, -0.1) is 0 Å². The smallest absolute Gasteiger partial charge is 0.419 e. The van der Waals surface area contributed by atoms with Crippen molar-refractivity contribution < 1.29 is 14.3 Å². The molecule has 8 heteroatoms. The van der Waals surface area contributed by atoms with Crippen molar-refractivity contribution in [3.05, 3.63) is 30.6 Å². The first-order valence-corrected chi connectivity index (χ1v) is 9.41. The van der Waals surface area contributed by atoms with E-state index in [0.717, 1.165) is 18.4 Å². The summed E-state index contributed by atoms with van der Waals surface area (Å²) in [4.78, 5) is 21.5. The highest BCUT2D eigenvalue weighted by Gasteiger charge is 2.22. The second-order valence-corrected chi connectivity index (χ2v) is 7.56. The lowest BCUT2D eigenvalue weighted by atomic mass is 10.2. The molecule has 3 heterocycles. The Morgan fingerprint density at radius 1 is 1.29 bits per heavy atom. The predicted molar refractivity (Wildman–Crippen MR) is 108 cm³/mol. The van der Waals surface area contributed by atoms with Gasteiger partial charge in [0.25, 0.3) is 0 Å². The summed E-state index contributed by atoms with van der Waals surface area (Å²) in [7, 11) is 0. The number of carbonyl (C=O) groups is 1. The van der Waals surface area contributed by atoms with Crippen molar-refractivity contribution in [2.24, 2.45) is 0 Å². The van der Waals surface area contributed by atoms with Gasteiger partial charge in [0.15, 0.2) is 0 Å². The SMILES string of the molecule is CCCCOCn1c(N)nc2c(-c3cccn3C(=O)OC(C)(C)C)nccc21. The Morgan fingerprint density at radius 2 is 2.07 bits per heavy atom. The molecule has 0 unspecified atom stereocenters. The Labute approximate surface area is 164 Å². The number of anilines is 1. The summed E-state index contributed by atoms with van der Waals surface area (Å²) in [5, 5.41) is 0. The number of unbranched alkanes of at least 4 members (excludes halogenated alkanes) is 1. The largest absolute Gasteiger partial charge is 0.443 e. The number of hydrogen-bond acceptors (Lipinski definition) is 6. The van der Waals surface area contributed by atoms with Crippen LogP contribution in [-0.4, -0.2) is 37.4 Å². The summed E-state index contributed by atoms with van der Waals surface area (Å²) in [6, 6.07) is 5.42. The van der Waals surface area contributed by atoms with E-state index in [1.54, 1.807) is 29.1 Å². The third-order valence-electron chi connectivity index (χ3n) is 4.14. The number of imidazole rings is 1. The van der Waals surface area contributed by atoms with Crippen LogP contribution in [0.25, 0.3) is 22.4 Å². The number of nitrogens with zero attached hydrogens (tertiary/aromatic N) is 4. The van der Waals surface area contributed by atoms with E-state index in [1.165, 1.54) is 4.57 Å². The highest BCUT2D eigenvalue weighted by molar-refractivity contribution is 5.92. The summed E-state index contributed by atoms with van der Waals surface area (Å²) < 4.78 is 14.4. The van der Waals surface area contributed by atoms with Crippen molar-refractivity contribution in [3.8, 4) is 11.4 Å². The van der Waals surface area contributed by atoms with E-state index < -0.39 is 11.7 Å². The van der Waals surface area contributed by atoms with Gasteiger partial charge in [0.1, 0.15) is 23.5 Å². The lowest BCUT2D eigenvalue weighted by Crippen LogP contribution is -2.27. The molecular weight excluding hydrogens is 358 g/mol. The zero-order chi connectivity index (χ0) is 20.3. The van der Waals surface area contributed by atoms with E-state index in [9.17, 15) is 4.79 Å². The van der Waals surface area contributed by atoms with E-state index in [0.29, 0.717) is 36.2 Å². The molecule has 8 nitrogen and oxygen atoms in total. The van der Waals surface area contributed by atoms with Crippen molar-refractivity contribution in [1.29, 1.82) is 0 Å². The standard InChI is InChI=1S/C20H27N5O3/c1-5-6-12-27-13-25-15-9-10-22-16(17(15)23-18(25)21)14-8-7-11-24(14)19(26)28-20(2,3)4/h7-11H,5-6,12-13H2,1-4H3,(H2,21,23). The molecule has 0 radical (unpaired) electrons. The monoisotopic (exact) mass is 385 g/mol. The second kappa shape index (κ2) is 8.02. The van der Waals surface area contributed by atoms with Gasteiger partial charge in [-0.2, -0.15) is 0 Å². The maximum absolute atomic E-state index is 12.6. The van der Waals surface area contributed by atoms with Crippen molar-refractivity contribution >= 4 is 23.1 Å². The van der Waals surface area contributed by atoms with Crippen LogP contribution >= 0.6 is 0 Å². The first kappa shape index (κ1) is 19.9. The molecule has 150 valence electrons. The molecule has 0 saturated carbocycles. The fourth-order valence-electron chi connectivity index (χ4n) is 2.84. The van der Waals surface area contributed by atoms with Crippen LogP contribution in [-0.2, 0) is 16.2 Å². The molecule has 0 spiro atoms. The number of carbonyl (C=O) groups excluding carboxylic acids is 1. The molecule has 0 aliphatic rings. The van der Waals surface area contributed by atoms with Crippen LogP contribution in [0.2, 0.25) is 0 Å². The number of nitrogens with two attached hydrogens (primary N) is 1. The van der Waals surface area contributed by atoms with Gasteiger partial charge in [-0.25, -0.2) is 9.78 Å². The predicted octanol–water partition coefficient (Wildman–Crippen LogP) is 4.04. The van der Waals surface area contributed by atoms with Crippen molar-refractivity contribution in [2.45, 2.75) is 52.9 Å². The summed E-state index contributed by atoms with van der Waals surface area (Å²) in [5.41, 5.74) is 8.09. The highest BCUT2D eigenvalue weighted by Crippen LogP contribution is 2.28. The molecule has 3 rings (SSSR count). The van der Waals surface area contributed by atoms with Crippen LogP contribution in [0.15, 0.2) is 30.6 Å². The van der Waals surface area contributed by atoms with Gasteiger partial charge >= 0.3 is 6.09 Å². The Bertz CT molecular complexity index is 968. The van der Waals surface area contributed by atoms with Gasteiger partial charge in [-0.05, 0) is 45.4 Å². The second-order valence-electron chi connectivity index (χ2n) is 7.56. The molecule has 0 fully saturated rings. The molecule has 0 amide bonds. The maximum atomic E-state index is 12.6. The summed E-state index contributed by atoms with van der Waals surface area (Å²) in [6.07, 6.45) is 4.91. The third-order valence-corrected chi connectivity index (χ3v) is 4.14. The van der Waals surface area contributed by atoms with Crippen LogP contribution in [0.3, 0.4) is 0 Å². The number of hydrogen-bond donors (Lipinski definition) is 1. The van der Waals surface area contributed by atoms with E-state index >= 15 is 0 Å². The van der Waals surface area contributed by atoms with E-state index in [2.05, 4.69) is 16.9 Å². The van der Waals surface area contributed by atoms with Gasteiger partial charge in [-0.3, -0.25) is 14.1 Å². The lowest BCUT2D eigenvalue weighted by molar-refractivity contribution is 0.0540. The topological polar surface area (TPSA) is 97.2 Å². The minimum atomic E-state index is -0.597. The number of aromatic nitrogens is 4. The molecule has 0 atom stereocenters. The molecule has 0 saturated heterocycles. The molecular formula is C20H27N5O3. The molecule has 0 aliphatic carbocycles. The lowest BCUT2D eigenvalue weighted by Gasteiger charge is -2.20. The highest BCUT2D eigenvalue weighted by atomic mass is 16.6. The van der Waals surface area contributed by atoms with Gasteiger partial charge in [-0.1, -0.05) is 13.3 Å². The van der Waals surface area contributed by atoms with E-state index in [4.69, 9.17) is 15.2 Å². The minimum Gasteiger partial charge on any atom is -0.443 e. The average molecular weight is 385 g/mol. The van der Waals surface area contributed by atoms with Gasteiger partial charge in [0.05, 0.1) is 11.2 Å². The fourth-order valence-corrected chi connectivity index (χ4v) is 2.84. The Hall–Kier alpha value is -2.87. The summed E-state index contributed by atoms with van der Waals surface area (Å²) >= 11 is 0. The minimum absolute atomic E-state index is 0.318. The fraction of sp³-hybridized carbons (Fsp3) is 0.450. The Balaban J connectivity index is 1.97. The number of fused-ring (bicyclic) bond motifs is 1. The van der Waals surface area contributed by atoms with Crippen molar-refractivity contribution in [2.75, 3.05) is 12.3 Å². The maximum Gasteiger partial charge on any atom is 0.419 e.